The molecule has 7 nitrogen and oxygen atoms in total. The zero-order valence-electron chi connectivity index (χ0n) is 18.3. The first kappa shape index (κ1) is 23.0. The van der Waals surface area contributed by atoms with E-state index in [-0.39, 0.29) is 25.9 Å². The predicted octanol–water partition coefficient (Wildman–Crippen LogP) is 2.23. The summed E-state index contributed by atoms with van der Waals surface area (Å²) >= 11 is 0. The summed E-state index contributed by atoms with van der Waals surface area (Å²) in [7, 11) is 0.539. The van der Waals surface area contributed by atoms with Crippen LogP contribution in [0, 0.1) is 0 Å². The van der Waals surface area contributed by atoms with Crippen molar-refractivity contribution < 1.29 is 32.4 Å². The highest BCUT2D eigenvalue weighted by Gasteiger charge is 2.34. The second-order valence-corrected chi connectivity index (χ2v) is 8.35. The minimum Gasteiger partial charge on any atom is -0.494 e. The zero-order valence-corrected chi connectivity index (χ0v) is 18.3. The minimum absolute atomic E-state index is 0.00567. The monoisotopic (exact) mass is 458 g/mol. The van der Waals surface area contributed by atoms with Gasteiger partial charge < -0.3 is 18.9 Å². The molecule has 0 N–H and O–H groups in total. The maximum absolute atomic E-state index is 13.4. The molecule has 0 atom stereocenters. The van der Waals surface area contributed by atoms with Gasteiger partial charge in [0.15, 0.2) is 0 Å². The molecular formula is C23H25BF2N2O5. The van der Waals surface area contributed by atoms with E-state index in [4.69, 9.17) is 14.0 Å². The molecule has 0 radical (unpaired) electrons. The fraction of sp³-hybridized carbons (Fsp3) is 0.391. The van der Waals surface area contributed by atoms with Crippen molar-refractivity contribution in [2.75, 3.05) is 38.1 Å². The number of likely N-dealkylation sites (N-methyl/N-ethyl adjacent to an activating group) is 1. The Morgan fingerprint density at radius 2 is 1.64 bits per heavy atom. The van der Waals surface area contributed by atoms with Gasteiger partial charge >= 0.3 is 19.1 Å². The van der Waals surface area contributed by atoms with Crippen molar-refractivity contribution in [2.45, 2.75) is 25.4 Å². The van der Waals surface area contributed by atoms with Gasteiger partial charge in [-0.3, -0.25) is 14.5 Å². The summed E-state index contributed by atoms with van der Waals surface area (Å²) < 4.78 is 43.2. The number of hydrogen-bond acceptors (Lipinski definition) is 7. The largest absolute Gasteiger partial charge is 0.636 e. The summed E-state index contributed by atoms with van der Waals surface area (Å²) in [5.74, 6) is -2.95. The van der Waals surface area contributed by atoms with E-state index in [0.717, 1.165) is 11.3 Å². The lowest BCUT2D eigenvalue weighted by molar-refractivity contribution is -0.145. The third-order valence-corrected chi connectivity index (χ3v) is 5.60. The standard InChI is InChI=1S/C23H25BF2N2O5/c1-27-14-21(29)32-24(33-22(30)15-27)18-5-7-20(8-6-18)31-16-17-3-2-4-19(13-17)28-11-9-23(25,26)10-12-28/h2-8,13H,9-12,14-16H2,1H3. The molecule has 0 aliphatic carbocycles. The van der Waals surface area contributed by atoms with E-state index >= 15 is 0 Å². The molecule has 2 aliphatic heterocycles. The highest BCUT2D eigenvalue weighted by atomic mass is 19.3. The normalized spacial score (nSPS) is 19.4. The number of ether oxygens (including phenoxy) is 1. The fourth-order valence-corrected chi connectivity index (χ4v) is 3.79. The van der Waals surface area contributed by atoms with E-state index in [1.165, 1.54) is 4.90 Å². The lowest BCUT2D eigenvalue weighted by atomic mass is 9.78. The molecule has 2 heterocycles. The molecule has 2 aromatic rings. The van der Waals surface area contributed by atoms with Gasteiger partial charge in [0.05, 0.1) is 13.1 Å². The molecule has 0 saturated carbocycles. The van der Waals surface area contributed by atoms with E-state index in [0.29, 0.717) is 30.9 Å². The van der Waals surface area contributed by atoms with Crippen molar-refractivity contribution in [3.63, 3.8) is 0 Å². The van der Waals surface area contributed by atoms with Crippen LogP contribution in [0.1, 0.15) is 18.4 Å². The predicted molar refractivity (Wildman–Crippen MR) is 119 cm³/mol. The third kappa shape index (κ3) is 6.22. The quantitative estimate of drug-likeness (QED) is 0.637. The number of rotatable bonds is 5. The molecule has 0 amide bonds. The van der Waals surface area contributed by atoms with Crippen LogP contribution in [0.2, 0.25) is 0 Å². The molecule has 2 fully saturated rings. The SMILES string of the molecule is CN1CC(=O)OB(c2ccc(OCc3cccc(N4CCC(F)(F)CC4)c3)cc2)OC(=O)C1. The topological polar surface area (TPSA) is 68.3 Å². The summed E-state index contributed by atoms with van der Waals surface area (Å²) in [6.07, 6.45) is -0.273. The number of anilines is 1. The molecule has 10 heteroatoms. The van der Waals surface area contributed by atoms with Gasteiger partial charge in [-0.15, -0.1) is 0 Å². The van der Waals surface area contributed by atoms with Gasteiger partial charge in [0.2, 0.25) is 0 Å². The first-order valence-electron chi connectivity index (χ1n) is 10.8. The number of alkyl halides is 2. The molecule has 33 heavy (non-hydrogen) atoms. The number of hydrogen-bond donors (Lipinski definition) is 0. The molecule has 174 valence electrons. The summed E-state index contributed by atoms with van der Waals surface area (Å²) in [6.45, 7) is 0.963. The lowest BCUT2D eigenvalue weighted by Crippen LogP contribution is -2.47. The van der Waals surface area contributed by atoms with Crippen molar-refractivity contribution in [2.24, 2.45) is 0 Å². The van der Waals surface area contributed by atoms with Gasteiger partial charge in [0, 0.05) is 37.1 Å². The van der Waals surface area contributed by atoms with E-state index < -0.39 is 25.0 Å². The molecule has 2 saturated heterocycles. The average molecular weight is 458 g/mol. The number of nitrogens with zero attached hydrogens (tertiary/aromatic N) is 2. The van der Waals surface area contributed by atoms with E-state index in [2.05, 4.69) is 0 Å². The summed E-state index contributed by atoms with van der Waals surface area (Å²) in [5.41, 5.74) is 2.35. The van der Waals surface area contributed by atoms with Crippen LogP contribution in [-0.2, 0) is 25.5 Å². The second kappa shape index (κ2) is 9.78. The molecule has 0 aromatic heterocycles. The minimum atomic E-state index is -2.58. The molecule has 2 aromatic carbocycles. The molecular weight excluding hydrogens is 433 g/mol. The number of halogens is 2. The summed E-state index contributed by atoms with van der Waals surface area (Å²) in [6, 6.07) is 14.4. The smallest absolute Gasteiger partial charge is 0.494 e. The Morgan fingerprint density at radius 1 is 1.00 bits per heavy atom. The van der Waals surface area contributed by atoms with Crippen molar-refractivity contribution >= 4 is 30.2 Å². The second-order valence-electron chi connectivity index (χ2n) is 8.35. The Balaban J connectivity index is 1.35. The number of carbonyl (C=O) groups is 2. The van der Waals surface area contributed by atoms with Crippen LogP contribution in [0.25, 0.3) is 0 Å². The van der Waals surface area contributed by atoms with Crippen LogP contribution in [0.5, 0.6) is 5.75 Å². The van der Waals surface area contributed by atoms with Gasteiger partial charge in [0.1, 0.15) is 12.4 Å². The highest BCUT2D eigenvalue weighted by molar-refractivity contribution is 6.64. The maximum Gasteiger partial charge on any atom is 0.636 e. The average Bonchev–Trinajstić information content (AvgIpc) is 2.76. The van der Waals surface area contributed by atoms with Crippen LogP contribution >= 0.6 is 0 Å². The van der Waals surface area contributed by atoms with Crippen molar-refractivity contribution in [3.8, 4) is 5.75 Å². The van der Waals surface area contributed by atoms with Crippen molar-refractivity contribution in [1.82, 2.24) is 4.90 Å². The number of piperidine rings is 1. The Kier molecular flexibility index (Phi) is 6.83. The zero-order chi connectivity index (χ0) is 23.4. The number of benzene rings is 2. The Labute approximate surface area is 191 Å². The summed E-state index contributed by atoms with van der Waals surface area (Å²) in [5, 5.41) is 0. The van der Waals surface area contributed by atoms with Gasteiger partial charge in [0.25, 0.3) is 5.92 Å². The maximum atomic E-state index is 13.4. The van der Waals surface area contributed by atoms with Crippen LogP contribution in [0.15, 0.2) is 48.5 Å². The molecule has 4 rings (SSSR count). The van der Waals surface area contributed by atoms with Crippen LogP contribution in [-0.4, -0.2) is 63.1 Å². The molecule has 0 unspecified atom stereocenters. The fourth-order valence-electron chi connectivity index (χ4n) is 3.79. The number of carbonyl (C=O) groups excluding carboxylic acids is 2. The van der Waals surface area contributed by atoms with Crippen LogP contribution in [0.4, 0.5) is 14.5 Å². The Hall–Kier alpha value is -3.14. The Morgan fingerprint density at radius 3 is 2.27 bits per heavy atom. The van der Waals surface area contributed by atoms with Crippen molar-refractivity contribution in [1.29, 1.82) is 0 Å². The van der Waals surface area contributed by atoms with Gasteiger partial charge in [-0.1, -0.05) is 24.3 Å². The molecule has 0 bridgehead atoms. The molecule has 2 aliphatic rings. The van der Waals surface area contributed by atoms with E-state index in [9.17, 15) is 18.4 Å². The van der Waals surface area contributed by atoms with Gasteiger partial charge in [-0.2, -0.15) is 0 Å². The van der Waals surface area contributed by atoms with Crippen molar-refractivity contribution in [3.05, 3.63) is 54.1 Å². The van der Waals surface area contributed by atoms with Gasteiger partial charge in [-0.05, 0) is 36.9 Å². The Bertz CT molecular complexity index is 975. The lowest BCUT2D eigenvalue weighted by Gasteiger charge is -2.33. The van der Waals surface area contributed by atoms with Crippen LogP contribution < -0.4 is 15.1 Å². The first-order valence-corrected chi connectivity index (χ1v) is 10.8. The first-order chi connectivity index (χ1) is 15.8. The summed E-state index contributed by atoms with van der Waals surface area (Å²) in [4.78, 5) is 27.3. The van der Waals surface area contributed by atoms with Gasteiger partial charge in [-0.25, -0.2) is 8.78 Å². The third-order valence-electron chi connectivity index (χ3n) is 5.60. The van der Waals surface area contributed by atoms with E-state index in [1.54, 1.807) is 31.3 Å². The molecule has 0 spiro atoms. The van der Waals surface area contributed by atoms with E-state index in [1.807, 2.05) is 29.2 Å². The van der Waals surface area contributed by atoms with Crippen LogP contribution in [0.3, 0.4) is 0 Å². The highest BCUT2D eigenvalue weighted by Crippen LogP contribution is 2.30.